The molecule has 0 saturated carbocycles. The smallest absolute Gasteiger partial charge is 0.256 e. The maximum Gasteiger partial charge on any atom is 0.256 e. The summed E-state index contributed by atoms with van der Waals surface area (Å²) in [5, 5.41) is 10.4. The second kappa shape index (κ2) is 7.13. The van der Waals surface area contributed by atoms with E-state index < -0.39 is 0 Å². The molecule has 6 heteroatoms. The van der Waals surface area contributed by atoms with Crippen LogP contribution in [-0.2, 0) is 6.54 Å². The molecule has 0 bridgehead atoms. The molecule has 112 valence electrons. The molecule has 0 aliphatic carbocycles. The maximum absolute atomic E-state index is 12.6. The highest BCUT2D eigenvalue weighted by atomic mass is 35.5. The quantitative estimate of drug-likeness (QED) is 0.862. The molecule has 0 spiro atoms. The summed E-state index contributed by atoms with van der Waals surface area (Å²) < 4.78 is 0. The molecule has 0 saturated heterocycles. The number of amides is 1. The van der Waals surface area contributed by atoms with E-state index in [-0.39, 0.29) is 5.91 Å². The number of nitrogens with zero attached hydrogens (tertiary/aromatic N) is 2. The van der Waals surface area contributed by atoms with E-state index in [4.69, 9.17) is 11.6 Å². The first-order valence-corrected chi connectivity index (χ1v) is 7.26. The molecule has 0 unspecified atom stereocenters. The van der Waals surface area contributed by atoms with Crippen LogP contribution in [0.3, 0.4) is 0 Å². The standard InChI is InChI=1S/C15H19ClN4O/c1-3-6-17-14-5-4-12(16)7-13(14)15(21)20(2)10-11-8-18-19-9-11/h4-5,7-9,17H,3,6,10H2,1-2H3,(H,18,19). The van der Waals surface area contributed by atoms with Crippen LogP contribution in [0.15, 0.2) is 30.6 Å². The second-order valence-corrected chi connectivity index (χ2v) is 5.32. The molecule has 1 amide bonds. The molecule has 1 aromatic carbocycles. The summed E-state index contributed by atoms with van der Waals surface area (Å²) in [5.41, 5.74) is 2.35. The number of aromatic amines is 1. The van der Waals surface area contributed by atoms with Gasteiger partial charge in [-0.2, -0.15) is 5.10 Å². The Morgan fingerprint density at radius 3 is 2.95 bits per heavy atom. The molecule has 1 heterocycles. The molecule has 0 fully saturated rings. The van der Waals surface area contributed by atoms with Gasteiger partial charge in [-0.1, -0.05) is 18.5 Å². The van der Waals surface area contributed by atoms with E-state index in [9.17, 15) is 4.79 Å². The molecule has 5 nitrogen and oxygen atoms in total. The van der Waals surface area contributed by atoms with Crippen molar-refractivity contribution in [3.05, 3.63) is 46.7 Å². The van der Waals surface area contributed by atoms with Crippen LogP contribution in [0.5, 0.6) is 0 Å². The van der Waals surface area contributed by atoms with Crippen LogP contribution < -0.4 is 5.32 Å². The maximum atomic E-state index is 12.6. The lowest BCUT2D eigenvalue weighted by molar-refractivity contribution is 0.0786. The van der Waals surface area contributed by atoms with Crippen LogP contribution in [0.4, 0.5) is 5.69 Å². The highest BCUT2D eigenvalue weighted by Crippen LogP contribution is 2.22. The van der Waals surface area contributed by atoms with E-state index >= 15 is 0 Å². The Morgan fingerprint density at radius 2 is 2.29 bits per heavy atom. The summed E-state index contributed by atoms with van der Waals surface area (Å²) in [6, 6.07) is 5.33. The average Bonchev–Trinajstić information content (AvgIpc) is 2.98. The fourth-order valence-electron chi connectivity index (χ4n) is 2.02. The lowest BCUT2D eigenvalue weighted by Crippen LogP contribution is -2.27. The first kappa shape index (κ1) is 15.4. The van der Waals surface area contributed by atoms with Crippen LogP contribution >= 0.6 is 11.6 Å². The van der Waals surface area contributed by atoms with Gasteiger partial charge in [-0.3, -0.25) is 9.89 Å². The van der Waals surface area contributed by atoms with Crippen molar-refractivity contribution in [3.8, 4) is 0 Å². The highest BCUT2D eigenvalue weighted by molar-refractivity contribution is 6.31. The Bertz CT molecular complexity index is 598. The molecule has 2 rings (SSSR count). The van der Waals surface area contributed by atoms with Gasteiger partial charge in [-0.25, -0.2) is 0 Å². The molecule has 2 N–H and O–H groups in total. The fraction of sp³-hybridized carbons (Fsp3) is 0.333. The largest absolute Gasteiger partial charge is 0.384 e. The summed E-state index contributed by atoms with van der Waals surface area (Å²) in [4.78, 5) is 14.3. The first-order chi connectivity index (χ1) is 10.1. The van der Waals surface area contributed by atoms with Crippen LogP contribution in [0, 0.1) is 0 Å². The number of H-pyrrole nitrogens is 1. The number of anilines is 1. The van der Waals surface area contributed by atoms with Crippen LogP contribution in [0.1, 0.15) is 29.3 Å². The molecule has 0 atom stereocenters. The SMILES string of the molecule is CCCNc1ccc(Cl)cc1C(=O)N(C)Cc1cn[nH]c1. The number of aromatic nitrogens is 2. The van der Waals surface area contributed by atoms with Crippen molar-refractivity contribution in [1.82, 2.24) is 15.1 Å². The number of benzene rings is 1. The number of carbonyl (C=O) groups excluding carboxylic acids is 1. The molecule has 0 radical (unpaired) electrons. The minimum atomic E-state index is -0.0719. The lowest BCUT2D eigenvalue weighted by atomic mass is 10.1. The van der Waals surface area contributed by atoms with Gasteiger partial charge in [0.1, 0.15) is 0 Å². The number of rotatable bonds is 6. The number of hydrogen-bond acceptors (Lipinski definition) is 3. The topological polar surface area (TPSA) is 61.0 Å². The third kappa shape index (κ3) is 3.98. The Labute approximate surface area is 129 Å². The predicted molar refractivity (Wildman–Crippen MR) is 84.6 cm³/mol. The molecule has 0 aliphatic rings. The van der Waals surface area contributed by atoms with E-state index in [1.807, 2.05) is 6.07 Å². The van der Waals surface area contributed by atoms with Gasteiger partial charge in [-0.15, -0.1) is 0 Å². The number of hydrogen-bond donors (Lipinski definition) is 2. The van der Waals surface area contributed by atoms with Crippen LogP contribution in [0.25, 0.3) is 0 Å². The Morgan fingerprint density at radius 1 is 1.48 bits per heavy atom. The molecule has 21 heavy (non-hydrogen) atoms. The molecule has 2 aromatic rings. The van der Waals surface area contributed by atoms with Gasteiger partial charge in [0, 0.05) is 42.6 Å². The second-order valence-electron chi connectivity index (χ2n) is 4.88. The zero-order valence-electron chi connectivity index (χ0n) is 12.2. The highest BCUT2D eigenvalue weighted by Gasteiger charge is 2.17. The summed E-state index contributed by atoms with van der Waals surface area (Å²) >= 11 is 6.03. The van der Waals surface area contributed by atoms with Gasteiger partial charge >= 0.3 is 0 Å². The summed E-state index contributed by atoms with van der Waals surface area (Å²) in [6.07, 6.45) is 4.47. The van der Waals surface area contributed by atoms with Crippen molar-refractivity contribution in [3.63, 3.8) is 0 Å². The van der Waals surface area contributed by atoms with Gasteiger partial charge in [-0.05, 0) is 24.6 Å². The van der Waals surface area contributed by atoms with Crippen molar-refractivity contribution in [2.75, 3.05) is 18.9 Å². The van der Waals surface area contributed by atoms with Crippen molar-refractivity contribution in [2.24, 2.45) is 0 Å². The number of carbonyl (C=O) groups is 1. The minimum Gasteiger partial charge on any atom is -0.384 e. The molecule has 1 aromatic heterocycles. The molecular weight excluding hydrogens is 288 g/mol. The molecule has 0 aliphatic heterocycles. The minimum absolute atomic E-state index is 0.0719. The Kier molecular flexibility index (Phi) is 5.22. The normalized spacial score (nSPS) is 10.4. The van der Waals surface area contributed by atoms with Crippen LogP contribution in [0.2, 0.25) is 5.02 Å². The van der Waals surface area contributed by atoms with Gasteiger partial charge in [0.05, 0.1) is 11.8 Å². The number of nitrogens with one attached hydrogen (secondary N) is 2. The average molecular weight is 307 g/mol. The van der Waals surface area contributed by atoms with E-state index in [0.29, 0.717) is 17.1 Å². The monoisotopic (exact) mass is 306 g/mol. The fourth-order valence-corrected chi connectivity index (χ4v) is 2.19. The van der Waals surface area contributed by atoms with Gasteiger partial charge in [0.2, 0.25) is 0 Å². The predicted octanol–water partition coefficient (Wildman–Crippen LogP) is 3.16. The zero-order valence-corrected chi connectivity index (χ0v) is 12.9. The van der Waals surface area contributed by atoms with E-state index in [2.05, 4.69) is 22.4 Å². The first-order valence-electron chi connectivity index (χ1n) is 6.88. The van der Waals surface area contributed by atoms with Crippen molar-refractivity contribution < 1.29 is 4.79 Å². The summed E-state index contributed by atoms with van der Waals surface area (Å²) in [7, 11) is 1.76. The van der Waals surface area contributed by atoms with Gasteiger partial charge in [0.25, 0.3) is 5.91 Å². The Hall–Kier alpha value is -2.01. The van der Waals surface area contributed by atoms with Gasteiger partial charge < -0.3 is 10.2 Å². The van der Waals surface area contributed by atoms with Crippen LogP contribution in [-0.4, -0.2) is 34.6 Å². The number of halogens is 1. The van der Waals surface area contributed by atoms with Crippen molar-refractivity contribution >= 4 is 23.2 Å². The molecular formula is C15H19ClN4O. The van der Waals surface area contributed by atoms with Crippen molar-refractivity contribution in [1.29, 1.82) is 0 Å². The van der Waals surface area contributed by atoms with E-state index in [0.717, 1.165) is 24.2 Å². The van der Waals surface area contributed by atoms with Gasteiger partial charge in [0.15, 0.2) is 0 Å². The zero-order chi connectivity index (χ0) is 15.2. The third-order valence-corrected chi connectivity index (χ3v) is 3.33. The lowest BCUT2D eigenvalue weighted by Gasteiger charge is -2.19. The third-order valence-electron chi connectivity index (χ3n) is 3.10. The summed E-state index contributed by atoms with van der Waals surface area (Å²) in [6.45, 7) is 3.39. The van der Waals surface area contributed by atoms with Crippen molar-refractivity contribution in [2.45, 2.75) is 19.9 Å². The van der Waals surface area contributed by atoms with E-state index in [1.54, 1.807) is 36.5 Å². The van der Waals surface area contributed by atoms with E-state index in [1.165, 1.54) is 0 Å². The summed E-state index contributed by atoms with van der Waals surface area (Å²) in [5.74, 6) is -0.0719. The Balaban J connectivity index is 2.18.